The van der Waals surface area contributed by atoms with E-state index in [1.54, 1.807) is 0 Å². The number of carbonyl (C=O) groups excluding carboxylic acids is 1. The van der Waals surface area contributed by atoms with Crippen molar-refractivity contribution in [3.8, 4) is 0 Å². The molecule has 1 fully saturated rings. The van der Waals surface area contributed by atoms with Gasteiger partial charge >= 0.3 is 0 Å². The highest BCUT2D eigenvalue weighted by Gasteiger charge is 2.27. The van der Waals surface area contributed by atoms with Crippen molar-refractivity contribution in [2.45, 2.75) is 58.1 Å². The fraction of sp³-hybridized carbons (Fsp3) is 0.923. The Hall–Kier alpha value is -0.610. The highest BCUT2D eigenvalue weighted by molar-refractivity contribution is 5.78. The van der Waals surface area contributed by atoms with Crippen LogP contribution in [0.2, 0.25) is 0 Å². The molecule has 1 N–H and O–H groups in total. The van der Waals surface area contributed by atoms with Crippen LogP contribution < -0.4 is 0 Å². The molecule has 1 saturated heterocycles. The molecule has 1 heterocycles. The summed E-state index contributed by atoms with van der Waals surface area (Å²) in [5.74, 6) is 0.0538. The minimum Gasteiger partial charge on any atom is -0.396 e. The van der Waals surface area contributed by atoms with Gasteiger partial charge in [0.15, 0.2) is 0 Å². The maximum Gasteiger partial charge on any atom is 0.248 e. The monoisotopic (exact) mass is 243 g/mol. The maximum absolute atomic E-state index is 12.0. The lowest BCUT2D eigenvalue weighted by molar-refractivity contribution is -0.145. The number of piperidine rings is 1. The quantitative estimate of drug-likeness (QED) is 0.815. The van der Waals surface area contributed by atoms with Gasteiger partial charge in [-0.1, -0.05) is 0 Å². The smallest absolute Gasteiger partial charge is 0.248 e. The molecule has 1 amide bonds. The molecule has 0 radical (unpaired) electrons. The van der Waals surface area contributed by atoms with Crippen molar-refractivity contribution in [3.63, 3.8) is 0 Å². The fourth-order valence-corrected chi connectivity index (χ4v) is 2.14. The number of aliphatic hydroxyl groups is 1. The first-order valence-electron chi connectivity index (χ1n) is 6.48. The van der Waals surface area contributed by atoms with Crippen molar-refractivity contribution in [2.75, 3.05) is 19.8 Å². The van der Waals surface area contributed by atoms with Crippen LogP contribution in [-0.2, 0) is 9.53 Å². The Kier molecular flexibility index (Phi) is 5.40. The Morgan fingerprint density at radius 3 is 2.71 bits per heavy atom. The van der Waals surface area contributed by atoms with E-state index in [0.29, 0.717) is 6.42 Å². The first-order valence-corrected chi connectivity index (χ1v) is 6.48. The number of nitrogens with zero attached hydrogens (tertiary/aromatic N) is 1. The van der Waals surface area contributed by atoms with Gasteiger partial charge in [0.25, 0.3) is 0 Å². The van der Waals surface area contributed by atoms with E-state index in [2.05, 4.69) is 0 Å². The van der Waals surface area contributed by atoms with Crippen molar-refractivity contribution in [1.82, 2.24) is 4.90 Å². The van der Waals surface area contributed by atoms with Crippen LogP contribution in [0.1, 0.15) is 46.5 Å². The zero-order valence-corrected chi connectivity index (χ0v) is 11.2. The second-order valence-electron chi connectivity index (χ2n) is 5.65. The van der Waals surface area contributed by atoms with Gasteiger partial charge in [-0.3, -0.25) is 4.79 Å². The van der Waals surface area contributed by atoms with E-state index in [9.17, 15) is 4.79 Å². The normalized spacial score (nSPS) is 21.6. The highest BCUT2D eigenvalue weighted by atomic mass is 16.5. The number of aliphatic hydroxyl groups excluding tert-OH is 1. The molecule has 0 aromatic heterocycles. The second kappa shape index (κ2) is 6.36. The van der Waals surface area contributed by atoms with E-state index in [-0.39, 0.29) is 30.8 Å². The Bertz CT molecular complexity index is 246. The number of amides is 1. The summed E-state index contributed by atoms with van der Waals surface area (Å²) in [5.41, 5.74) is -0.280. The standard InChI is InChI=1S/C13H25NO3/c1-13(2,3)17-10-12(16)14-8-5-4-6-11(14)7-9-15/h11,15H,4-10H2,1-3H3. The van der Waals surface area contributed by atoms with E-state index in [1.165, 1.54) is 0 Å². The molecule has 4 heteroatoms. The summed E-state index contributed by atoms with van der Waals surface area (Å²) in [6, 6.07) is 0.199. The molecular formula is C13H25NO3. The number of hydrogen-bond acceptors (Lipinski definition) is 3. The van der Waals surface area contributed by atoms with Crippen molar-refractivity contribution in [1.29, 1.82) is 0 Å². The predicted octanol–water partition coefficient (Wildman–Crippen LogP) is 1.56. The molecule has 1 aliphatic rings. The summed E-state index contributed by atoms with van der Waals surface area (Å²) in [6.07, 6.45) is 3.89. The van der Waals surface area contributed by atoms with Crippen molar-refractivity contribution < 1.29 is 14.6 Å². The fourth-order valence-electron chi connectivity index (χ4n) is 2.14. The summed E-state index contributed by atoms with van der Waals surface area (Å²) in [4.78, 5) is 13.9. The average Bonchev–Trinajstić information content (AvgIpc) is 2.26. The van der Waals surface area contributed by atoms with E-state index in [0.717, 1.165) is 25.8 Å². The average molecular weight is 243 g/mol. The molecule has 1 atom stereocenters. The third-order valence-electron chi connectivity index (χ3n) is 3.04. The van der Waals surface area contributed by atoms with Crippen LogP contribution in [0.5, 0.6) is 0 Å². The van der Waals surface area contributed by atoms with Gasteiger partial charge in [-0.2, -0.15) is 0 Å². The van der Waals surface area contributed by atoms with Crippen LogP contribution in [0.3, 0.4) is 0 Å². The summed E-state index contributed by atoms with van der Waals surface area (Å²) in [7, 11) is 0. The molecule has 1 aliphatic heterocycles. The van der Waals surface area contributed by atoms with E-state index < -0.39 is 0 Å². The largest absolute Gasteiger partial charge is 0.396 e. The molecule has 4 nitrogen and oxygen atoms in total. The molecule has 0 spiro atoms. The third-order valence-corrected chi connectivity index (χ3v) is 3.04. The molecule has 100 valence electrons. The number of ether oxygens (including phenoxy) is 1. The van der Waals surface area contributed by atoms with E-state index >= 15 is 0 Å². The van der Waals surface area contributed by atoms with Gasteiger partial charge in [0.1, 0.15) is 6.61 Å². The van der Waals surface area contributed by atoms with Crippen molar-refractivity contribution in [2.24, 2.45) is 0 Å². The molecule has 0 aliphatic carbocycles. The molecule has 1 rings (SSSR count). The van der Waals surface area contributed by atoms with E-state index in [4.69, 9.17) is 9.84 Å². The highest BCUT2D eigenvalue weighted by Crippen LogP contribution is 2.20. The predicted molar refractivity (Wildman–Crippen MR) is 66.8 cm³/mol. The van der Waals surface area contributed by atoms with Crippen LogP contribution in [0, 0.1) is 0 Å². The summed E-state index contributed by atoms with van der Waals surface area (Å²) < 4.78 is 5.52. The minimum atomic E-state index is -0.280. The number of likely N-dealkylation sites (tertiary alicyclic amines) is 1. The van der Waals surface area contributed by atoms with Gasteiger partial charge in [-0.05, 0) is 46.5 Å². The van der Waals surface area contributed by atoms with Gasteiger partial charge in [-0.15, -0.1) is 0 Å². The molecule has 0 aromatic rings. The summed E-state index contributed by atoms with van der Waals surface area (Å²) >= 11 is 0. The molecule has 0 aromatic carbocycles. The van der Waals surface area contributed by atoms with Crippen LogP contribution in [0.15, 0.2) is 0 Å². The zero-order chi connectivity index (χ0) is 12.9. The van der Waals surface area contributed by atoms with Crippen molar-refractivity contribution >= 4 is 5.91 Å². The number of carbonyl (C=O) groups is 1. The maximum atomic E-state index is 12.0. The second-order valence-corrected chi connectivity index (χ2v) is 5.65. The van der Waals surface area contributed by atoms with Crippen LogP contribution in [-0.4, -0.2) is 47.3 Å². The van der Waals surface area contributed by atoms with Gasteiger partial charge in [-0.25, -0.2) is 0 Å². The molecule has 1 unspecified atom stereocenters. The Labute approximate surface area is 104 Å². The van der Waals surface area contributed by atoms with Crippen LogP contribution in [0.25, 0.3) is 0 Å². The van der Waals surface area contributed by atoms with Crippen molar-refractivity contribution in [3.05, 3.63) is 0 Å². The lowest BCUT2D eigenvalue weighted by Crippen LogP contribution is -2.46. The first kappa shape index (κ1) is 14.5. The van der Waals surface area contributed by atoms with Gasteiger partial charge in [0, 0.05) is 19.2 Å². The zero-order valence-electron chi connectivity index (χ0n) is 11.2. The van der Waals surface area contributed by atoms with E-state index in [1.807, 2.05) is 25.7 Å². The number of hydrogen-bond donors (Lipinski definition) is 1. The molecule has 0 bridgehead atoms. The van der Waals surface area contributed by atoms with Crippen LogP contribution >= 0.6 is 0 Å². The molecule has 17 heavy (non-hydrogen) atoms. The Morgan fingerprint density at radius 1 is 1.41 bits per heavy atom. The minimum absolute atomic E-state index is 0.0538. The number of rotatable bonds is 4. The molecule has 0 saturated carbocycles. The van der Waals surface area contributed by atoms with Gasteiger partial charge in [0.2, 0.25) is 5.91 Å². The summed E-state index contributed by atoms with van der Waals surface area (Å²) in [6.45, 7) is 6.93. The SMILES string of the molecule is CC(C)(C)OCC(=O)N1CCCCC1CCO. The topological polar surface area (TPSA) is 49.8 Å². The lowest BCUT2D eigenvalue weighted by Gasteiger charge is -2.36. The Morgan fingerprint density at radius 2 is 2.12 bits per heavy atom. The lowest BCUT2D eigenvalue weighted by atomic mass is 9.99. The summed E-state index contributed by atoms with van der Waals surface area (Å²) in [5, 5.41) is 9.01. The van der Waals surface area contributed by atoms with Crippen LogP contribution in [0.4, 0.5) is 0 Å². The Balaban J connectivity index is 2.47. The first-order chi connectivity index (χ1) is 7.94. The van der Waals surface area contributed by atoms with Gasteiger partial charge < -0.3 is 14.7 Å². The molecular weight excluding hydrogens is 218 g/mol. The van der Waals surface area contributed by atoms with Gasteiger partial charge in [0.05, 0.1) is 5.60 Å². The third kappa shape index (κ3) is 5.04.